The van der Waals surface area contributed by atoms with Crippen molar-refractivity contribution in [1.29, 1.82) is 0 Å². The Hall–Kier alpha value is -4.46. The van der Waals surface area contributed by atoms with Crippen LogP contribution in [0.5, 0.6) is 0 Å². The molecule has 1 saturated carbocycles. The summed E-state index contributed by atoms with van der Waals surface area (Å²) < 4.78 is 63.5. The van der Waals surface area contributed by atoms with E-state index in [1.54, 1.807) is 24.0 Å². The van der Waals surface area contributed by atoms with Crippen LogP contribution in [-0.2, 0) is 24.0 Å². The molecule has 1 aromatic rings. The number of nitrogens with zero attached hydrogens (tertiary/aromatic N) is 3. The van der Waals surface area contributed by atoms with Crippen LogP contribution in [0.4, 0.5) is 32.0 Å². The first kappa shape index (κ1) is 41.7. The Morgan fingerprint density at radius 3 is 1.70 bits per heavy atom. The van der Waals surface area contributed by atoms with Crippen molar-refractivity contribution in [2.24, 2.45) is 17.6 Å². The Morgan fingerprint density at radius 2 is 1.30 bits per heavy atom. The third-order valence-electron chi connectivity index (χ3n) is 8.55. The number of carboxylic acids is 3. The zero-order valence-corrected chi connectivity index (χ0v) is 26.9. The second kappa shape index (κ2) is 18.0. The standard InChI is InChI=1S/C26H37N5O5.2C2HF3O2/c1-17(32)29-10-12-30(13-11-29)22-14-23(24(33)28-21-8-6-20(7-9-21)26(35)36)31(16-22)25(34)19-4-2-18(15-27)3-5-19;2*3-2(4,5)1(6)7/h6-9,18-19,22-23H,2-5,10-16,27H2,1H3,(H,28,33)(H,35,36);2*(H,6,7)/t18-,19-,22-,23-;;/m0../s1. The molecule has 2 heterocycles. The van der Waals surface area contributed by atoms with Gasteiger partial charge in [0.1, 0.15) is 6.04 Å². The number of hydrogen-bond acceptors (Lipinski definition) is 8. The molecule has 0 bridgehead atoms. The molecular weight excluding hydrogens is 688 g/mol. The summed E-state index contributed by atoms with van der Waals surface area (Å²) in [5, 5.41) is 26.3. The molecule has 0 unspecified atom stereocenters. The van der Waals surface area contributed by atoms with Gasteiger partial charge in [-0.2, -0.15) is 26.3 Å². The minimum absolute atomic E-state index is 0.0386. The molecule has 20 heteroatoms. The van der Waals surface area contributed by atoms with Crippen LogP contribution in [0, 0.1) is 11.8 Å². The summed E-state index contributed by atoms with van der Waals surface area (Å²) in [7, 11) is 0. The molecule has 2 aliphatic heterocycles. The monoisotopic (exact) mass is 727 g/mol. The molecule has 0 spiro atoms. The predicted molar refractivity (Wildman–Crippen MR) is 162 cm³/mol. The lowest BCUT2D eigenvalue weighted by Gasteiger charge is -2.37. The van der Waals surface area contributed by atoms with E-state index in [0.29, 0.717) is 44.2 Å². The zero-order valence-electron chi connectivity index (χ0n) is 26.9. The maximum Gasteiger partial charge on any atom is 0.490 e. The van der Waals surface area contributed by atoms with E-state index in [-0.39, 0.29) is 35.2 Å². The molecule has 6 N–H and O–H groups in total. The SMILES string of the molecule is CC(=O)N1CCN([C@H]2C[C@@H](C(=O)Nc3ccc(C(=O)O)cc3)N(C(=O)[C@H]3CC[C@H](CN)CC3)C2)CC1.O=C(O)C(F)(F)F.O=C(O)C(F)(F)F. The van der Waals surface area contributed by atoms with Gasteiger partial charge in [0.05, 0.1) is 5.56 Å². The molecule has 1 aliphatic carbocycles. The summed E-state index contributed by atoms with van der Waals surface area (Å²) in [5.74, 6) is -6.32. The molecule has 0 radical (unpaired) electrons. The Bertz CT molecular complexity index is 1340. The van der Waals surface area contributed by atoms with Crippen molar-refractivity contribution in [3.05, 3.63) is 29.8 Å². The van der Waals surface area contributed by atoms with Crippen molar-refractivity contribution in [1.82, 2.24) is 14.7 Å². The van der Waals surface area contributed by atoms with Crippen molar-refractivity contribution >= 4 is 41.3 Å². The van der Waals surface area contributed by atoms with Crippen molar-refractivity contribution in [3.8, 4) is 0 Å². The molecule has 3 fully saturated rings. The van der Waals surface area contributed by atoms with E-state index in [1.165, 1.54) is 12.1 Å². The molecule has 3 amide bonds. The number of benzene rings is 1. The van der Waals surface area contributed by atoms with Gasteiger partial charge in [0.25, 0.3) is 0 Å². The normalized spacial score (nSPS) is 22.6. The van der Waals surface area contributed by atoms with Crippen LogP contribution in [0.15, 0.2) is 24.3 Å². The topological polar surface area (TPSA) is 211 Å². The first-order valence-electron chi connectivity index (χ1n) is 15.4. The zero-order chi connectivity index (χ0) is 38.0. The van der Waals surface area contributed by atoms with Gasteiger partial charge in [-0.05, 0) is 68.8 Å². The number of carboxylic acid groups (broad SMARTS) is 3. The summed E-state index contributed by atoms with van der Waals surface area (Å²) in [6.07, 6.45) is -6.18. The van der Waals surface area contributed by atoms with Gasteiger partial charge in [0, 0.05) is 57.3 Å². The van der Waals surface area contributed by atoms with Crippen LogP contribution in [-0.4, -0.2) is 129 Å². The number of anilines is 1. The fraction of sp³-hybridized carbons (Fsp3) is 0.600. The number of rotatable bonds is 6. The quantitative estimate of drug-likeness (QED) is 0.269. The third-order valence-corrected chi connectivity index (χ3v) is 8.55. The summed E-state index contributed by atoms with van der Waals surface area (Å²) >= 11 is 0. The van der Waals surface area contributed by atoms with E-state index in [0.717, 1.165) is 38.8 Å². The van der Waals surface area contributed by atoms with Gasteiger partial charge in [-0.15, -0.1) is 0 Å². The molecule has 50 heavy (non-hydrogen) atoms. The Morgan fingerprint density at radius 1 is 0.820 bits per heavy atom. The lowest BCUT2D eigenvalue weighted by Crippen LogP contribution is -2.52. The lowest BCUT2D eigenvalue weighted by atomic mass is 9.81. The summed E-state index contributed by atoms with van der Waals surface area (Å²) in [5.41, 5.74) is 6.47. The Labute approximate surface area is 282 Å². The number of alkyl halides is 6. The molecule has 0 aromatic heterocycles. The smallest absolute Gasteiger partial charge is 0.478 e. The molecule has 3 aliphatic rings. The van der Waals surface area contributed by atoms with Gasteiger partial charge in [-0.25, -0.2) is 14.4 Å². The average Bonchev–Trinajstić information content (AvgIpc) is 3.50. The number of nitrogens with one attached hydrogen (secondary N) is 1. The van der Waals surface area contributed by atoms with E-state index in [4.69, 9.17) is 30.6 Å². The predicted octanol–water partition coefficient (Wildman–Crippen LogP) is 2.49. The highest BCUT2D eigenvalue weighted by molar-refractivity contribution is 5.98. The maximum absolute atomic E-state index is 13.6. The van der Waals surface area contributed by atoms with Crippen LogP contribution in [0.25, 0.3) is 0 Å². The Balaban J connectivity index is 0.000000521. The number of amides is 3. The molecule has 1 aromatic carbocycles. The summed E-state index contributed by atoms with van der Waals surface area (Å²) in [6.45, 7) is 5.45. The maximum atomic E-state index is 13.6. The number of aromatic carboxylic acids is 1. The van der Waals surface area contributed by atoms with Crippen molar-refractivity contribution in [2.45, 2.75) is 63.5 Å². The minimum Gasteiger partial charge on any atom is -0.478 e. The van der Waals surface area contributed by atoms with Crippen LogP contribution in [0.1, 0.15) is 49.4 Å². The van der Waals surface area contributed by atoms with E-state index >= 15 is 0 Å². The van der Waals surface area contributed by atoms with E-state index in [9.17, 15) is 45.5 Å². The molecule has 2 saturated heterocycles. The second-order valence-electron chi connectivity index (χ2n) is 11.9. The number of carbonyl (C=O) groups excluding carboxylic acids is 3. The highest BCUT2D eigenvalue weighted by atomic mass is 19.4. The fourth-order valence-corrected chi connectivity index (χ4v) is 5.77. The fourth-order valence-electron chi connectivity index (χ4n) is 5.77. The van der Waals surface area contributed by atoms with Crippen LogP contribution >= 0.6 is 0 Å². The van der Waals surface area contributed by atoms with Crippen LogP contribution in [0.3, 0.4) is 0 Å². The van der Waals surface area contributed by atoms with Gasteiger partial charge in [-0.1, -0.05) is 0 Å². The minimum atomic E-state index is -5.08. The first-order valence-corrected chi connectivity index (χ1v) is 15.4. The van der Waals surface area contributed by atoms with E-state index in [1.807, 2.05) is 4.90 Å². The molecule has 2 atom stereocenters. The number of carbonyl (C=O) groups is 6. The van der Waals surface area contributed by atoms with Gasteiger partial charge < -0.3 is 36.2 Å². The van der Waals surface area contributed by atoms with Gasteiger partial charge >= 0.3 is 30.3 Å². The van der Waals surface area contributed by atoms with Gasteiger partial charge in [0.15, 0.2) is 0 Å². The number of piperazine rings is 1. The van der Waals surface area contributed by atoms with E-state index < -0.39 is 36.3 Å². The number of hydrogen-bond donors (Lipinski definition) is 5. The van der Waals surface area contributed by atoms with Crippen molar-refractivity contribution < 1.29 is 70.4 Å². The largest absolute Gasteiger partial charge is 0.490 e. The average molecular weight is 728 g/mol. The van der Waals surface area contributed by atoms with Gasteiger partial charge in [0.2, 0.25) is 17.7 Å². The third kappa shape index (κ3) is 12.5. The van der Waals surface area contributed by atoms with Gasteiger partial charge in [-0.3, -0.25) is 19.3 Å². The van der Waals surface area contributed by atoms with Crippen LogP contribution in [0.2, 0.25) is 0 Å². The molecule has 14 nitrogen and oxygen atoms in total. The molecule has 280 valence electrons. The number of halogens is 6. The molecular formula is C30H39F6N5O9. The summed E-state index contributed by atoms with van der Waals surface area (Å²) in [6, 6.07) is 5.48. The Kier molecular flexibility index (Phi) is 15.0. The first-order chi connectivity index (χ1) is 23.1. The van der Waals surface area contributed by atoms with Crippen LogP contribution < -0.4 is 11.1 Å². The highest BCUT2D eigenvalue weighted by Gasteiger charge is 2.44. The summed E-state index contributed by atoms with van der Waals surface area (Å²) in [4.78, 5) is 73.5. The van der Waals surface area contributed by atoms with E-state index in [2.05, 4.69) is 10.2 Å². The highest BCUT2D eigenvalue weighted by Crippen LogP contribution is 2.33. The number of aliphatic carboxylic acids is 2. The second-order valence-corrected chi connectivity index (χ2v) is 11.9. The van der Waals surface area contributed by atoms with Crippen molar-refractivity contribution in [2.75, 3.05) is 44.6 Å². The number of likely N-dealkylation sites (tertiary alicyclic amines) is 1. The lowest BCUT2D eigenvalue weighted by molar-refractivity contribution is -0.193. The molecule has 4 rings (SSSR count). The number of nitrogens with two attached hydrogens (primary N) is 1. The van der Waals surface area contributed by atoms with Crippen molar-refractivity contribution in [3.63, 3.8) is 0 Å².